The number of rotatable bonds is 5. The monoisotopic (exact) mass is 388 g/mol. The Kier molecular flexibility index (Phi) is 5.08. The Morgan fingerprint density at radius 2 is 1.90 bits per heavy atom. The van der Waals surface area contributed by atoms with Gasteiger partial charge in [-0.2, -0.15) is 0 Å². The van der Waals surface area contributed by atoms with E-state index < -0.39 is 10.0 Å². The van der Waals surface area contributed by atoms with Crippen LogP contribution in [0.4, 0.5) is 5.69 Å². The van der Waals surface area contributed by atoms with Crippen LogP contribution >= 0.6 is 27.3 Å². The summed E-state index contributed by atoms with van der Waals surface area (Å²) in [5.74, 6) is 0. The Bertz CT molecular complexity index is 754. The highest BCUT2D eigenvalue weighted by Gasteiger charge is 2.19. The molecule has 2 rings (SSSR count). The predicted octanol–water partition coefficient (Wildman–Crippen LogP) is 3.65. The molecule has 0 saturated heterocycles. The molecule has 2 aromatic rings. The number of halogens is 1. The molecule has 0 aliphatic heterocycles. The van der Waals surface area contributed by atoms with Crippen LogP contribution in [0.5, 0.6) is 0 Å². The summed E-state index contributed by atoms with van der Waals surface area (Å²) in [5, 5.41) is 3.04. The number of benzene rings is 1. The zero-order chi connectivity index (χ0) is 15.6. The van der Waals surface area contributed by atoms with Crippen molar-refractivity contribution in [2.24, 2.45) is 0 Å². The van der Waals surface area contributed by atoms with Crippen molar-refractivity contribution in [1.82, 2.24) is 5.32 Å². The second kappa shape index (κ2) is 6.48. The topological polar surface area (TPSA) is 58.2 Å². The molecule has 0 unspecified atom stereocenters. The van der Waals surface area contributed by atoms with Gasteiger partial charge in [0.15, 0.2) is 0 Å². The number of nitrogens with one attached hydrogen (secondary N) is 2. The Morgan fingerprint density at radius 3 is 2.57 bits per heavy atom. The van der Waals surface area contributed by atoms with Crippen LogP contribution in [0.25, 0.3) is 0 Å². The van der Waals surface area contributed by atoms with Crippen LogP contribution in [0.15, 0.2) is 32.9 Å². The zero-order valence-electron chi connectivity index (χ0n) is 12.0. The maximum Gasteiger partial charge on any atom is 0.271 e. The van der Waals surface area contributed by atoms with E-state index in [1.165, 1.54) is 11.3 Å². The van der Waals surface area contributed by atoms with Crippen LogP contribution in [0, 0.1) is 13.8 Å². The predicted molar refractivity (Wildman–Crippen MR) is 91.5 cm³/mol. The molecule has 0 aliphatic carbocycles. The number of hydrogen-bond acceptors (Lipinski definition) is 4. The molecule has 114 valence electrons. The van der Waals surface area contributed by atoms with Gasteiger partial charge in [-0.3, -0.25) is 4.72 Å². The molecule has 0 fully saturated rings. The molecule has 0 amide bonds. The van der Waals surface area contributed by atoms with E-state index in [9.17, 15) is 8.42 Å². The van der Waals surface area contributed by atoms with Gasteiger partial charge in [0, 0.05) is 15.9 Å². The normalized spacial score (nSPS) is 11.6. The van der Waals surface area contributed by atoms with Crippen LogP contribution in [0.2, 0.25) is 0 Å². The lowest BCUT2D eigenvalue weighted by Crippen LogP contribution is -2.12. The molecule has 21 heavy (non-hydrogen) atoms. The zero-order valence-corrected chi connectivity index (χ0v) is 15.2. The minimum atomic E-state index is -3.55. The molecular formula is C14H17BrN2O2S2. The summed E-state index contributed by atoms with van der Waals surface area (Å²) in [6.07, 6.45) is 0. The summed E-state index contributed by atoms with van der Waals surface area (Å²) in [6, 6.07) is 7.23. The number of aryl methyl sites for hydroxylation is 2. The van der Waals surface area contributed by atoms with Crippen molar-refractivity contribution in [3.63, 3.8) is 0 Å². The van der Waals surface area contributed by atoms with E-state index in [4.69, 9.17) is 0 Å². The second-order valence-corrected chi connectivity index (χ2v) is 8.73. The molecule has 0 radical (unpaired) electrons. The van der Waals surface area contributed by atoms with Gasteiger partial charge in [-0.15, -0.1) is 11.3 Å². The van der Waals surface area contributed by atoms with Gasteiger partial charge in [0.25, 0.3) is 10.0 Å². The van der Waals surface area contributed by atoms with E-state index in [0.717, 1.165) is 20.5 Å². The third-order valence-corrected chi connectivity index (χ3v) is 6.61. The van der Waals surface area contributed by atoms with E-state index in [1.54, 1.807) is 12.1 Å². The highest BCUT2D eigenvalue weighted by atomic mass is 79.9. The van der Waals surface area contributed by atoms with E-state index in [-0.39, 0.29) is 0 Å². The van der Waals surface area contributed by atoms with Gasteiger partial charge in [-0.1, -0.05) is 22.0 Å². The molecule has 1 aromatic heterocycles. The van der Waals surface area contributed by atoms with E-state index in [1.807, 2.05) is 33.0 Å². The van der Waals surface area contributed by atoms with Crippen LogP contribution < -0.4 is 10.0 Å². The van der Waals surface area contributed by atoms with Crippen LogP contribution in [-0.2, 0) is 16.6 Å². The summed E-state index contributed by atoms with van der Waals surface area (Å²) in [7, 11) is -1.71. The van der Waals surface area contributed by atoms with Crippen molar-refractivity contribution in [2.75, 3.05) is 11.8 Å². The summed E-state index contributed by atoms with van der Waals surface area (Å²) in [4.78, 5) is 1.03. The van der Waals surface area contributed by atoms with Crippen molar-refractivity contribution >= 4 is 43.0 Å². The Labute approximate surface area is 137 Å². The van der Waals surface area contributed by atoms with Crippen molar-refractivity contribution < 1.29 is 8.42 Å². The van der Waals surface area contributed by atoms with Crippen LogP contribution in [0.1, 0.15) is 16.0 Å². The third-order valence-electron chi connectivity index (χ3n) is 3.04. The summed E-state index contributed by atoms with van der Waals surface area (Å²) in [5.41, 5.74) is 2.46. The van der Waals surface area contributed by atoms with Gasteiger partial charge in [0.2, 0.25) is 0 Å². The molecule has 2 N–H and O–H groups in total. The standard InChI is InChI=1S/C14H17BrN2O2S2/c1-9-4-5-11(15)7-12(9)17-21(18,19)14-6-10(2)13(20-14)8-16-3/h4-7,16-17H,8H2,1-3H3. The number of hydrogen-bond donors (Lipinski definition) is 2. The average Bonchev–Trinajstić information content (AvgIpc) is 2.77. The first-order valence-corrected chi connectivity index (χ1v) is 9.45. The van der Waals surface area contributed by atoms with Gasteiger partial charge in [-0.05, 0) is 50.2 Å². The fourth-order valence-electron chi connectivity index (χ4n) is 1.86. The first-order chi connectivity index (χ1) is 9.83. The van der Waals surface area contributed by atoms with Gasteiger partial charge in [-0.25, -0.2) is 8.42 Å². The van der Waals surface area contributed by atoms with Crippen molar-refractivity contribution in [3.05, 3.63) is 44.7 Å². The van der Waals surface area contributed by atoms with Gasteiger partial charge in [0.05, 0.1) is 5.69 Å². The lowest BCUT2D eigenvalue weighted by atomic mass is 10.2. The largest absolute Gasteiger partial charge is 0.315 e. The molecule has 7 heteroatoms. The maximum atomic E-state index is 12.5. The molecule has 0 atom stereocenters. The Morgan fingerprint density at radius 1 is 1.19 bits per heavy atom. The van der Waals surface area contributed by atoms with Gasteiger partial charge < -0.3 is 5.32 Å². The second-order valence-electron chi connectivity index (χ2n) is 4.77. The molecule has 0 saturated carbocycles. The lowest BCUT2D eigenvalue weighted by molar-refractivity contribution is 0.603. The smallest absolute Gasteiger partial charge is 0.271 e. The fourth-order valence-corrected chi connectivity index (χ4v) is 4.94. The summed E-state index contributed by atoms with van der Waals surface area (Å²) < 4.78 is 28.8. The molecule has 0 bridgehead atoms. The first kappa shape index (κ1) is 16.5. The minimum absolute atomic E-state index is 0.338. The minimum Gasteiger partial charge on any atom is -0.315 e. The van der Waals surface area contributed by atoms with Crippen molar-refractivity contribution in [2.45, 2.75) is 24.6 Å². The van der Waals surface area contributed by atoms with E-state index in [2.05, 4.69) is 26.0 Å². The maximum absolute atomic E-state index is 12.5. The SMILES string of the molecule is CNCc1sc(S(=O)(=O)Nc2cc(Br)ccc2C)cc1C. The summed E-state index contributed by atoms with van der Waals surface area (Å²) >= 11 is 4.65. The number of sulfonamides is 1. The fraction of sp³-hybridized carbons (Fsp3) is 0.286. The summed E-state index contributed by atoms with van der Waals surface area (Å²) in [6.45, 7) is 4.46. The van der Waals surface area contributed by atoms with Crippen molar-refractivity contribution in [1.29, 1.82) is 0 Å². The molecule has 0 spiro atoms. The van der Waals surface area contributed by atoms with E-state index in [0.29, 0.717) is 16.4 Å². The molecular weight excluding hydrogens is 372 g/mol. The van der Waals surface area contributed by atoms with E-state index >= 15 is 0 Å². The Balaban J connectivity index is 2.34. The lowest BCUT2D eigenvalue weighted by Gasteiger charge is -2.09. The highest BCUT2D eigenvalue weighted by molar-refractivity contribution is 9.10. The quantitative estimate of drug-likeness (QED) is 0.821. The average molecular weight is 389 g/mol. The first-order valence-electron chi connectivity index (χ1n) is 6.36. The molecule has 1 heterocycles. The molecule has 1 aromatic carbocycles. The van der Waals surface area contributed by atoms with Crippen LogP contribution in [-0.4, -0.2) is 15.5 Å². The van der Waals surface area contributed by atoms with Gasteiger partial charge >= 0.3 is 0 Å². The van der Waals surface area contributed by atoms with Crippen LogP contribution in [0.3, 0.4) is 0 Å². The Hall–Kier alpha value is -0.890. The molecule has 4 nitrogen and oxygen atoms in total. The van der Waals surface area contributed by atoms with Crippen molar-refractivity contribution in [3.8, 4) is 0 Å². The third kappa shape index (κ3) is 3.85. The highest BCUT2D eigenvalue weighted by Crippen LogP contribution is 2.29. The molecule has 0 aliphatic rings. The number of anilines is 1. The number of thiophene rings is 1. The van der Waals surface area contributed by atoms with Gasteiger partial charge in [0.1, 0.15) is 4.21 Å².